The molecule has 0 unspecified atom stereocenters. The second-order valence-corrected chi connectivity index (χ2v) is 4.53. The van der Waals surface area contributed by atoms with Gasteiger partial charge in [-0.3, -0.25) is 4.52 Å². The Morgan fingerprint density at radius 2 is 1.25 bits per heavy atom. The summed E-state index contributed by atoms with van der Waals surface area (Å²) >= 11 is 0. The van der Waals surface area contributed by atoms with Crippen molar-refractivity contribution >= 4 is 7.82 Å². The molecule has 0 saturated heterocycles. The highest BCUT2D eigenvalue weighted by atomic mass is 31.2. The maximum Gasteiger partial charge on any atom is 0.429 e. The number of hydrogen-bond donors (Lipinski definition) is 0. The smallest absolute Gasteiger partial charge is 0.429 e. The second kappa shape index (κ2) is 5.35. The van der Waals surface area contributed by atoms with E-state index in [4.69, 9.17) is 0 Å². The van der Waals surface area contributed by atoms with E-state index < -0.39 is 44.8 Å². The molecule has 20 heavy (non-hydrogen) atoms. The summed E-state index contributed by atoms with van der Waals surface area (Å²) in [7, 11) is -6.79. The first kappa shape index (κ1) is 19.5. The van der Waals surface area contributed by atoms with E-state index in [-0.39, 0.29) is 0 Å². The number of halogens is 9. The van der Waals surface area contributed by atoms with Crippen molar-refractivity contribution in [1.82, 2.24) is 0 Å². The van der Waals surface area contributed by atoms with E-state index in [9.17, 15) is 53.9 Å². The van der Waals surface area contributed by atoms with Crippen molar-refractivity contribution in [1.29, 1.82) is 0 Å². The summed E-state index contributed by atoms with van der Waals surface area (Å²) < 4.78 is 122. The van der Waals surface area contributed by atoms with Crippen LogP contribution in [0.5, 0.6) is 0 Å². The van der Waals surface area contributed by atoms with Gasteiger partial charge in [0.25, 0.3) is 0 Å². The first-order chi connectivity index (χ1) is 8.41. The summed E-state index contributed by atoms with van der Waals surface area (Å²) in [5.74, 6) is -12.6. The summed E-state index contributed by atoms with van der Waals surface area (Å²) in [6.45, 7) is 0. The molecule has 0 amide bonds. The fraction of sp³-hybridized carbons (Fsp3) is 1.00. The van der Waals surface area contributed by atoms with E-state index >= 15 is 0 Å². The van der Waals surface area contributed by atoms with Crippen LogP contribution in [0.4, 0.5) is 39.5 Å². The molecule has 4 nitrogen and oxygen atoms in total. The van der Waals surface area contributed by atoms with Crippen molar-refractivity contribution in [3.05, 3.63) is 0 Å². The Labute approximate surface area is 104 Å². The van der Waals surface area contributed by atoms with Gasteiger partial charge in [-0.05, 0) is 0 Å². The zero-order valence-electron chi connectivity index (χ0n) is 8.90. The lowest BCUT2D eigenvalue weighted by Crippen LogP contribution is -2.56. The highest BCUT2D eigenvalue weighted by molar-refractivity contribution is 7.43. The van der Waals surface area contributed by atoms with Crippen LogP contribution in [0, 0.1) is 0 Å². The van der Waals surface area contributed by atoms with Crippen molar-refractivity contribution < 1.29 is 58.4 Å². The molecule has 0 atom stereocenters. The van der Waals surface area contributed by atoms with Crippen molar-refractivity contribution in [2.24, 2.45) is 0 Å². The van der Waals surface area contributed by atoms with Gasteiger partial charge in [-0.1, -0.05) is 0 Å². The second-order valence-electron chi connectivity index (χ2n) is 3.45. The highest BCUT2D eigenvalue weighted by Gasteiger charge is 2.73. The Kier molecular flexibility index (Phi) is 5.21. The summed E-state index contributed by atoms with van der Waals surface area (Å²) in [6.07, 6.45) is -17.1. The lowest BCUT2D eigenvalue weighted by atomic mass is 10.1. The van der Waals surface area contributed by atoms with Gasteiger partial charge in [0.15, 0.2) is 0 Å². The van der Waals surface area contributed by atoms with Gasteiger partial charge in [0.1, 0.15) is 0 Å². The topological polar surface area (TPSA) is 72.4 Å². The number of alkyl halides is 9. The zero-order chi connectivity index (χ0) is 16.6. The Balaban J connectivity index is 5.22. The fourth-order valence-electron chi connectivity index (χ4n) is 0.866. The summed E-state index contributed by atoms with van der Waals surface area (Å²) in [4.78, 5) is 19.5. The van der Waals surface area contributed by atoms with Crippen LogP contribution in [0.1, 0.15) is 12.8 Å². The van der Waals surface area contributed by atoms with Gasteiger partial charge in [-0.2, -0.15) is 39.5 Å². The molecule has 0 aromatic heterocycles. The predicted octanol–water partition coefficient (Wildman–Crippen LogP) is 2.04. The van der Waals surface area contributed by atoms with Crippen LogP contribution in [-0.4, -0.2) is 24.1 Å². The molecule has 0 radical (unpaired) electrons. The maximum atomic E-state index is 12.7. The van der Waals surface area contributed by atoms with Crippen LogP contribution in [0.15, 0.2) is 0 Å². The minimum atomic E-state index is -6.79. The zero-order valence-corrected chi connectivity index (χ0v) is 9.79. The molecule has 14 heteroatoms. The van der Waals surface area contributed by atoms with Gasteiger partial charge in [-0.15, -0.1) is 0 Å². The third-order valence-corrected chi connectivity index (χ3v) is 2.23. The van der Waals surface area contributed by atoms with E-state index in [1.54, 1.807) is 0 Å². The number of hydrogen-bond acceptors (Lipinski definition) is 4. The molecule has 0 aliphatic heterocycles. The number of phosphoric acid groups is 1. The summed E-state index contributed by atoms with van der Waals surface area (Å²) in [6, 6.07) is 0. The minimum Gasteiger partial charge on any atom is -0.790 e. The van der Waals surface area contributed by atoms with Crippen LogP contribution >= 0.6 is 7.82 Å². The lowest BCUT2D eigenvalue weighted by molar-refractivity contribution is -0.418. The standard InChI is InChI=1S/C6H6F9O4P/c7-3(8,1-2-4(9,10)11)5(12,13)6(14,15)19-20(16,17)18/h1-2H2,(H2,16,17,18)/p-2. The first-order valence-electron chi connectivity index (χ1n) is 4.34. The number of rotatable bonds is 6. The molecule has 0 heterocycles. The quantitative estimate of drug-likeness (QED) is 0.547. The van der Waals surface area contributed by atoms with E-state index in [1.807, 2.05) is 4.52 Å². The van der Waals surface area contributed by atoms with Gasteiger partial charge in [0.05, 0.1) is 7.82 Å². The van der Waals surface area contributed by atoms with E-state index in [0.717, 1.165) is 0 Å². The Hall–Kier alpha value is -0.520. The van der Waals surface area contributed by atoms with Crippen LogP contribution in [0.2, 0.25) is 0 Å². The molecule has 0 bridgehead atoms. The van der Waals surface area contributed by atoms with E-state index in [2.05, 4.69) is 0 Å². The summed E-state index contributed by atoms with van der Waals surface area (Å²) in [5.41, 5.74) is 0. The van der Waals surface area contributed by atoms with Crippen molar-refractivity contribution in [2.45, 2.75) is 37.0 Å². The molecular weight excluding hydrogens is 338 g/mol. The molecule has 0 fully saturated rings. The SMILES string of the molecule is O=P([O-])([O-])OC(F)(F)C(F)(F)C(F)(F)CCC(F)(F)F. The average Bonchev–Trinajstić information content (AvgIpc) is 2.09. The largest absolute Gasteiger partial charge is 0.790 e. The fourth-order valence-corrected chi connectivity index (χ4v) is 1.26. The molecule has 0 spiro atoms. The van der Waals surface area contributed by atoms with Gasteiger partial charge in [0.2, 0.25) is 0 Å². The van der Waals surface area contributed by atoms with E-state index in [1.165, 1.54) is 0 Å². The van der Waals surface area contributed by atoms with E-state index in [0.29, 0.717) is 0 Å². The molecule has 0 saturated carbocycles. The normalized spacial score (nSPS) is 15.6. The van der Waals surface area contributed by atoms with Crippen LogP contribution in [0.3, 0.4) is 0 Å². The van der Waals surface area contributed by atoms with Gasteiger partial charge in [0, 0.05) is 12.8 Å². The molecule has 0 aromatic rings. The maximum absolute atomic E-state index is 12.7. The third-order valence-electron chi connectivity index (χ3n) is 1.77. The molecule has 0 aromatic carbocycles. The molecule has 122 valence electrons. The molecule has 0 aliphatic rings. The van der Waals surface area contributed by atoms with Crippen molar-refractivity contribution in [3.63, 3.8) is 0 Å². The third kappa shape index (κ3) is 5.11. The first-order valence-corrected chi connectivity index (χ1v) is 5.80. The van der Waals surface area contributed by atoms with Crippen molar-refractivity contribution in [3.8, 4) is 0 Å². The number of phosphoric ester groups is 1. The molecule has 0 N–H and O–H groups in total. The Morgan fingerprint density at radius 1 is 0.850 bits per heavy atom. The Morgan fingerprint density at radius 3 is 1.55 bits per heavy atom. The van der Waals surface area contributed by atoms with Crippen LogP contribution in [-0.2, 0) is 9.09 Å². The lowest BCUT2D eigenvalue weighted by Gasteiger charge is -2.38. The predicted molar refractivity (Wildman–Crippen MR) is 38.8 cm³/mol. The van der Waals surface area contributed by atoms with Crippen LogP contribution in [0.25, 0.3) is 0 Å². The van der Waals surface area contributed by atoms with Gasteiger partial charge >= 0.3 is 24.1 Å². The van der Waals surface area contributed by atoms with Crippen molar-refractivity contribution in [2.75, 3.05) is 0 Å². The monoisotopic (exact) mass is 342 g/mol. The molecule has 0 rings (SSSR count). The van der Waals surface area contributed by atoms with Gasteiger partial charge in [-0.25, -0.2) is 0 Å². The minimum absolute atomic E-state index is 2.01. The highest BCUT2D eigenvalue weighted by Crippen LogP contribution is 2.52. The average molecular weight is 342 g/mol. The molecule has 0 aliphatic carbocycles. The van der Waals surface area contributed by atoms with Crippen LogP contribution < -0.4 is 9.79 Å². The molecular formula is C6H4F9O4P-2. The summed E-state index contributed by atoms with van der Waals surface area (Å²) in [5, 5.41) is 0. The Bertz CT molecular complexity index is 386. The van der Waals surface area contributed by atoms with Gasteiger partial charge < -0.3 is 14.4 Å².